The molecule has 0 heterocycles. The van der Waals surface area contributed by atoms with Crippen LogP contribution >= 0.6 is 0 Å². The first-order valence-electron chi connectivity index (χ1n) is 6.93. The van der Waals surface area contributed by atoms with Gasteiger partial charge in [0, 0.05) is 6.54 Å². The van der Waals surface area contributed by atoms with Gasteiger partial charge in [-0.05, 0) is 19.4 Å². The van der Waals surface area contributed by atoms with Crippen molar-refractivity contribution in [2.24, 2.45) is 11.8 Å². The highest BCUT2D eigenvalue weighted by atomic mass is 16.4. The van der Waals surface area contributed by atoms with Crippen LogP contribution in [0.2, 0.25) is 0 Å². The molecule has 0 saturated carbocycles. The molecule has 0 aliphatic carbocycles. The number of ketones is 1. The van der Waals surface area contributed by atoms with Gasteiger partial charge in [0.2, 0.25) is 5.91 Å². The second kappa shape index (κ2) is 8.68. The summed E-state index contributed by atoms with van der Waals surface area (Å²) in [6.07, 6.45) is 0. The van der Waals surface area contributed by atoms with Gasteiger partial charge >= 0.3 is 5.97 Å². The Labute approximate surface area is 120 Å². The van der Waals surface area contributed by atoms with Crippen molar-refractivity contribution in [1.82, 2.24) is 10.2 Å². The van der Waals surface area contributed by atoms with Crippen molar-refractivity contribution < 1.29 is 19.5 Å². The molecule has 0 saturated heterocycles. The second-order valence-electron chi connectivity index (χ2n) is 5.47. The topological polar surface area (TPSA) is 86.7 Å². The van der Waals surface area contributed by atoms with Crippen LogP contribution in [0.5, 0.6) is 0 Å². The average Bonchev–Trinajstić information content (AvgIpc) is 2.33. The van der Waals surface area contributed by atoms with Crippen LogP contribution in [-0.4, -0.2) is 53.3 Å². The van der Waals surface area contributed by atoms with E-state index in [0.29, 0.717) is 13.1 Å². The highest BCUT2D eigenvalue weighted by Gasteiger charge is 2.22. The molecule has 0 aliphatic rings. The molecular weight excluding hydrogens is 260 g/mol. The number of nitrogens with one attached hydrogen (secondary N) is 1. The number of amides is 1. The van der Waals surface area contributed by atoms with Crippen LogP contribution in [0.3, 0.4) is 0 Å². The van der Waals surface area contributed by atoms with Crippen molar-refractivity contribution in [1.29, 1.82) is 0 Å². The first-order chi connectivity index (χ1) is 9.18. The van der Waals surface area contributed by atoms with Crippen LogP contribution in [0.1, 0.15) is 34.6 Å². The molecule has 0 aromatic carbocycles. The van der Waals surface area contributed by atoms with E-state index in [1.165, 1.54) is 6.92 Å². The number of aliphatic carboxylic acids is 1. The minimum Gasteiger partial charge on any atom is -0.481 e. The summed E-state index contributed by atoms with van der Waals surface area (Å²) in [5.74, 6) is -1.71. The minimum absolute atomic E-state index is 0.0319. The Bertz CT molecular complexity index is 355. The van der Waals surface area contributed by atoms with E-state index in [1.54, 1.807) is 11.8 Å². The van der Waals surface area contributed by atoms with Crippen LogP contribution in [-0.2, 0) is 14.4 Å². The Balaban J connectivity index is 4.48. The maximum atomic E-state index is 11.9. The molecule has 2 atom stereocenters. The zero-order valence-electron chi connectivity index (χ0n) is 13.0. The van der Waals surface area contributed by atoms with Crippen LogP contribution in [0.4, 0.5) is 0 Å². The van der Waals surface area contributed by atoms with E-state index in [9.17, 15) is 14.4 Å². The molecule has 6 nitrogen and oxygen atoms in total. The van der Waals surface area contributed by atoms with Gasteiger partial charge in [0.1, 0.15) is 0 Å². The van der Waals surface area contributed by atoms with E-state index in [2.05, 4.69) is 5.32 Å². The molecule has 2 unspecified atom stereocenters. The summed E-state index contributed by atoms with van der Waals surface area (Å²) < 4.78 is 0. The molecule has 0 aromatic heterocycles. The van der Waals surface area contributed by atoms with Crippen LogP contribution in [0, 0.1) is 11.8 Å². The monoisotopic (exact) mass is 286 g/mol. The lowest BCUT2D eigenvalue weighted by Gasteiger charge is -2.24. The Morgan fingerprint density at radius 3 is 2.10 bits per heavy atom. The second-order valence-corrected chi connectivity index (χ2v) is 5.47. The third kappa shape index (κ3) is 6.65. The molecule has 1 amide bonds. The van der Waals surface area contributed by atoms with Gasteiger partial charge in [-0.2, -0.15) is 0 Å². The maximum absolute atomic E-state index is 11.9. The molecule has 0 aromatic rings. The summed E-state index contributed by atoms with van der Waals surface area (Å²) in [6, 6.07) is -0.488. The minimum atomic E-state index is -0.882. The number of carboxylic acid groups (broad SMARTS) is 1. The first-order valence-corrected chi connectivity index (χ1v) is 6.93. The van der Waals surface area contributed by atoms with Crippen molar-refractivity contribution in [3.63, 3.8) is 0 Å². The highest BCUT2D eigenvalue weighted by molar-refractivity contribution is 5.88. The van der Waals surface area contributed by atoms with Crippen LogP contribution in [0.25, 0.3) is 0 Å². The van der Waals surface area contributed by atoms with E-state index in [0.717, 1.165) is 0 Å². The lowest BCUT2D eigenvalue weighted by molar-refractivity contribution is -0.142. The van der Waals surface area contributed by atoms with Gasteiger partial charge in [-0.15, -0.1) is 0 Å². The molecule has 0 fully saturated rings. The summed E-state index contributed by atoms with van der Waals surface area (Å²) in [5, 5.41) is 11.6. The van der Waals surface area contributed by atoms with Crippen LogP contribution in [0.15, 0.2) is 0 Å². The molecule has 0 radical (unpaired) electrons. The van der Waals surface area contributed by atoms with Crippen molar-refractivity contribution in [2.75, 3.05) is 19.6 Å². The number of rotatable bonds is 9. The maximum Gasteiger partial charge on any atom is 0.307 e. The van der Waals surface area contributed by atoms with Gasteiger partial charge in [0.25, 0.3) is 0 Å². The third-order valence-electron chi connectivity index (χ3n) is 3.19. The summed E-state index contributed by atoms with van der Waals surface area (Å²) in [5.41, 5.74) is 0. The largest absolute Gasteiger partial charge is 0.481 e. The normalized spacial score (nSPS) is 14.2. The SMILES string of the molecule is CCN(CC(=O)NC(C(C)=O)C(C)C)CC(C)C(=O)O. The smallest absolute Gasteiger partial charge is 0.307 e. The van der Waals surface area contributed by atoms with Gasteiger partial charge in [-0.3, -0.25) is 19.3 Å². The zero-order chi connectivity index (χ0) is 15.9. The van der Waals surface area contributed by atoms with E-state index >= 15 is 0 Å². The fourth-order valence-electron chi connectivity index (χ4n) is 1.93. The van der Waals surface area contributed by atoms with Gasteiger partial charge in [-0.1, -0.05) is 27.7 Å². The molecule has 0 bridgehead atoms. The van der Waals surface area contributed by atoms with E-state index < -0.39 is 17.9 Å². The Kier molecular flexibility index (Phi) is 8.06. The average molecular weight is 286 g/mol. The molecule has 0 rings (SSSR count). The molecule has 116 valence electrons. The Hall–Kier alpha value is -1.43. The highest BCUT2D eigenvalue weighted by Crippen LogP contribution is 2.04. The van der Waals surface area contributed by atoms with Crippen molar-refractivity contribution in [3.8, 4) is 0 Å². The van der Waals surface area contributed by atoms with Crippen molar-refractivity contribution in [2.45, 2.75) is 40.7 Å². The molecule has 0 aliphatic heterocycles. The first kappa shape index (κ1) is 18.6. The van der Waals surface area contributed by atoms with Crippen molar-refractivity contribution >= 4 is 17.7 Å². The number of hydrogen-bond donors (Lipinski definition) is 2. The molecular formula is C14H26N2O4. The van der Waals surface area contributed by atoms with Gasteiger partial charge in [0.05, 0.1) is 18.5 Å². The quantitative estimate of drug-likeness (QED) is 0.653. The number of hydrogen-bond acceptors (Lipinski definition) is 4. The number of carboxylic acids is 1. The van der Waals surface area contributed by atoms with Crippen molar-refractivity contribution in [3.05, 3.63) is 0 Å². The molecule has 2 N–H and O–H groups in total. The predicted octanol–water partition coefficient (Wildman–Crippen LogP) is 0.759. The van der Waals surface area contributed by atoms with E-state index in [4.69, 9.17) is 5.11 Å². The zero-order valence-corrected chi connectivity index (χ0v) is 13.0. The van der Waals surface area contributed by atoms with Gasteiger partial charge in [0.15, 0.2) is 5.78 Å². The lowest BCUT2D eigenvalue weighted by Crippen LogP contribution is -2.48. The molecule has 6 heteroatoms. The van der Waals surface area contributed by atoms with Gasteiger partial charge < -0.3 is 10.4 Å². The number of nitrogens with zero attached hydrogens (tertiary/aromatic N) is 1. The summed E-state index contributed by atoms with van der Waals surface area (Å²) in [4.78, 5) is 35.9. The number of Topliss-reactive ketones (excluding diaryl/α,β-unsaturated/α-hetero) is 1. The van der Waals surface area contributed by atoms with Crippen LogP contribution < -0.4 is 5.32 Å². The number of carbonyl (C=O) groups is 3. The number of likely N-dealkylation sites (N-methyl/N-ethyl adjacent to an activating group) is 1. The predicted molar refractivity (Wildman–Crippen MR) is 76.4 cm³/mol. The van der Waals surface area contributed by atoms with E-state index in [1.807, 2.05) is 20.8 Å². The Morgan fingerprint density at radius 1 is 1.20 bits per heavy atom. The van der Waals surface area contributed by atoms with E-state index in [-0.39, 0.29) is 24.2 Å². The Morgan fingerprint density at radius 2 is 1.75 bits per heavy atom. The fraction of sp³-hybridized carbons (Fsp3) is 0.786. The fourth-order valence-corrected chi connectivity index (χ4v) is 1.93. The lowest BCUT2D eigenvalue weighted by atomic mass is 10.0. The summed E-state index contributed by atoms with van der Waals surface area (Å²) >= 11 is 0. The molecule has 20 heavy (non-hydrogen) atoms. The molecule has 0 spiro atoms. The summed E-state index contributed by atoms with van der Waals surface area (Å²) in [6.45, 7) is 9.66. The third-order valence-corrected chi connectivity index (χ3v) is 3.19. The number of carbonyl (C=O) groups excluding carboxylic acids is 2. The van der Waals surface area contributed by atoms with Gasteiger partial charge in [-0.25, -0.2) is 0 Å². The standard InChI is InChI=1S/C14H26N2O4/c1-6-16(7-10(4)14(19)20)8-12(18)15-13(9(2)3)11(5)17/h9-10,13H,6-8H2,1-5H3,(H,15,18)(H,19,20). The summed E-state index contributed by atoms with van der Waals surface area (Å²) in [7, 11) is 0.